The molecule has 1 aromatic rings. The van der Waals surface area contributed by atoms with Gasteiger partial charge in [0.1, 0.15) is 0 Å². The molecule has 2 aliphatic rings. The molecule has 0 bridgehead atoms. The fourth-order valence-electron chi connectivity index (χ4n) is 3.40. The first-order valence-corrected chi connectivity index (χ1v) is 7.26. The Morgan fingerprint density at radius 3 is 2.50 bits per heavy atom. The van der Waals surface area contributed by atoms with Crippen LogP contribution >= 0.6 is 0 Å². The Labute approximate surface area is 110 Å². The number of benzene rings is 1. The van der Waals surface area contributed by atoms with E-state index in [-0.39, 0.29) is 0 Å². The maximum Gasteiger partial charge on any atom is 0.0391 e. The third kappa shape index (κ3) is 2.32. The minimum Gasteiger partial charge on any atom is -0.319 e. The van der Waals surface area contributed by atoms with Crippen molar-refractivity contribution in [2.24, 2.45) is 5.92 Å². The summed E-state index contributed by atoms with van der Waals surface area (Å²) < 4.78 is 0. The van der Waals surface area contributed by atoms with Crippen LogP contribution in [0.4, 0.5) is 0 Å². The molecule has 18 heavy (non-hydrogen) atoms. The summed E-state index contributed by atoms with van der Waals surface area (Å²) in [5, 5.41) is 3.37. The monoisotopic (exact) mass is 244 g/mol. The van der Waals surface area contributed by atoms with Crippen LogP contribution in [-0.2, 0) is 0 Å². The van der Waals surface area contributed by atoms with Crippen LogP contribution in [0.3, 0.4) is 0 Å². The first-order valence-electron chi connectivity index (χ1n) is 7.26. The van der Waals surface area contributed by atoms with E-state index in [1.165, 1.54) is 36.9 Å². The normalized spacial score (nSPS) is 28.8. The van der Waals surface area contributed by atoms with Crippen molar-refractivity contribution in [1.29, 1.82) is 0 Å². The Morgan fingerprint density at radius 1 is 1.17 bits per heavy atom. The summed E-state index contributed by atoms with van der Waals surface area (Å²) in [6.07, 6.45) is 4.17. The average Bonchev–Trinajstić information content (AvgIpc) is 3.13. The summed E-state index contributed by atoms with van der Waals surface area (Å²) >= 11 is 0. The quantitative estimate of drug-likeness (QED) is 0.876. The van der Waals surface area contributed by atoms with E-state index in [1.54, 1.807) is 0 Å². The number of nitrogens with one attached hydrogen (secondary N) is 1. The largest absolute Gasteiger partial charge is 0.319 e. The zero-order valence-corrected chi connectivity index (χ0v) is 11.5. The molecule has 2 fully saturated rings. The Morgan fingerprint density at radius 2 is 1.89 bits per heavy atom. The maximum atomic E-state index is 3.37. The van der Waals surface area contributed by atoms with Gasteiger partial charge in [0.25, 0.3) is 0 Å². The lowest BCUT2D eigenvalue weighted by Gasteiger charge is -2.29. The van der Waals surface area contributed by atoms with E-state index in [0.717, 1.165) is 18.5 Å². The Bertz CT molecular complexity index is 394. The van der Waals surface area contributed by atoms with Gasteiger partial charge in [0.15, 0.2) is 0 Å². The molecular formula is C16H24N2. The summed E-state index contributed by atoms with van der Waals surface area (Å²) in [7, 11) is 2.08. The summed E-state index contributed by atoms with van der Waals surface area (Å²) in [5.74, 6) is 0.776. The molecular weight excluding hydrogens is 220 g/mol. The first-order chi connectivity index (χ1) is 8.79. The molecule has 0 radical (unpaired) electrons. The van der Waals surface area contributed by atoms with Gasteiger partial charge < -0.3 is 5.32 Å². The second kappa shape index (κ2) is 5.02. The highest BCUT2D eigenvalue weighted by Crippen LogP contribution is 2.43. The molecule has 2 atom stereocenters. The van der Waals surface area contributed by atoms with Crippen LogP contribution < -0.4 is 5.32 Å². The highest BCUT2D eigenvalue weighted by atomic mass is 15.2. The predicted octanol–water partition coefficient (Wildman–Crippen LogP) is 2.74. The van der Waals surface area contributed by atoms with E-state index in [9.17, 15) is 0 Å². The average molecular weight is 244 g/mol. The van der Waals surface area contributed by atoms with Crippen molar-refractivity contribution in [3.63, 3.8) is 0 Å². The van der Waals surface area contributed by atoms with E-state index >= 15 is 0 Å². The van der Waals surface area contributed by atoms with Crippen molar-refractivity contribution in [3.05, 3.63) is 35.4 Å². The molecule has 2 unspecified atom stereocenters. The lowest BCUT2D eigenvalue weighted by Crippen LogP contribution is -2.30. The number of nitrogens with zero attached hydrogens (tertiary/aromatic N) is 1. The van der Waals surface area contributed by atoms with Crippen molar-refractivity contribution in [2.75, 3.05) is 20.1 Å². The highest BCUT2D eigenvalue weighted by Gasteiger charge is 2.42. The zero-order valence-electron chi connectivity index (χ0n) is 11.5. The lowest BCUT2D eigenvalue weighted by molar-refractivity contribution is 0.217. The second-order valence-corrected chi connectivity index (χ2v) is 5.93. The Balaban J connectivity index is 1.84. The molecule has 3 rings (SSSR count). The fourth-order valence-corrected chi connectivity index (χ4v) is 3.40. The Kier molecular flexibility index (Phi) is 3.40. The molecule has 1 saturated carbocycles. The van der Waals surface area contributed by atoms with Gasteiger partial charge >= 0.3 is 0 Å². The maximum absolute atomic E-state index is 3.37. The number of rotatable bonds is 4. The summed E-state index contributed by atoms with van der Waals surface area (Å²) in [5.41, 5.74) is 2.88. The van der Waals surface area contributed by atoms with Gasteiger partial charge in [-0.25, -0.2) is 0 Å². The van der Waals surface area contributed by atoms with Gasteiger partial charge in [-0.2, -0.15) is 0 Å². The third-order valence-corrected chi connectivity index (χ3v) is 4.46. The van der Waals surface area contributed by atoms with E-state index in [1.807, 2.05) is 0 Å². The summed E-state index contributed by atoms with van der Waals surface area (Å²) in [6, 6.07) is 10.7. The van der Waals surface area contributed by atoms with Crippen molar-refractivity contribution >= 4 is 0 Å². The van der Waals surface area contributed by atoms with Crippen molar-refractivity contribution in [1.82, 2.24) is 10.2 Å². The molecule has 0 amide bonds. The standard InChI is InChI=1S/C16H24N2/c1-12-3-5-13(6-4-12)16-14(11-17-2)9-10-18(16)15-7-8-15/h3-6,14-17H,7-11H2,1-2H3. The number of hydrogen-bond acceptors (Lipinski definition) is 2. The van der Waals surface area contributed by atoms with Crippen LogP contribution in [0.2, 0.25) is 0 Å². The second-order valence-electron chi connectivity index (χ2n) is 5.93. The highest BCUT2D eigenvalue weighted by molar-refractivity contribution is 5.26. The number of aryl methyl sites for hydroxylation is 1. The molecule has 1 N–H and O–H groups in total. The van der Waals surface area contributed by atoms with Crippen molar-refractivity contribution in [3.8, 4) is 0 Å². The van der Waals surface area contributed by atoms with Gasteiger partial charge in [-0.15, -0.1) is 0 Å². The SMILES string of the molecule is CNCC1CCN(C2CC2)C1c1ccc(C)cc1. The van der Waals surface area contributed by atoms with Crippen LogP contribution in [0.1, 0.15) is 36.4 Å². The van der Waals surface area contributed by atoms with Gasteiger partial charge in [-0.1, -0.05) is 29.8 Å². The smallest absolute Gasteiger partial charge is 0.0391 e. The fraction of sp³-hybridized carbons (Fsp3) is 0.625. The van der Waals surface area contributed by atoms with E-state index in [4.69, 9.17) is 0 Å². The van der Waals surface area contributed by atoms with Gasteiger partial charge in [0.2, 0.25) is 0 Å². The molecule has 98 valence electrons. The summed E-state index contributed by atoms with van der Waals surface area (Å²) in [6.45, 7) is 4.60. The lowest BCUT2D eigenvalue weighted by atomic mass is 9.93. The van der Waals surface area contributed by atoms with Crippen LogP contribution in [-0.4, -0.2) is 31.1 Å². The molecule has 1 aliphatic carbocycles. The Hall–Kier alpha value is -0.860. The molecule has 1 aromatic carbocycles. The molecule has 2 heteroatoms. The minimum atomic E-state index is 0.644. The van der Waals surface area contributed by atoms with Gasteiger partial charge in [0, 0.05) is 12.1 Å². The predicted molar refractivity (Wildman–Crippen MR) is 75.7 cm³/mol. The topological polar surface area (TPSA) is 15.3 Å². The zero-order chi connectivity index (χ0) is 12.5. The molecule has 1 aliphatic heterocycles. The van der Waals surface area contributed by atoms with Crippen LogP contribution in [0.15, 0.2) is 24.3 Å². The van der Waals surface area contributed by atoms with Gasteiger partial charge in [0.05, 0.1) is 0 Å². The molecule has 1 saturated heterocycles. The van der Waals surface area contributed by atoms with Crippen LogP contribution in [0, 0.1) is 12.8 Å². The first kappa shape index (κ1) is 12.2. The van der Waals surface area contributed by atoms with Crippen LogP contribution in [0.5, 0.6) is 0 Å². The third-order valence-electron chi connectivity index (χ3n) is 4.46. The summed E-state index contributed by atoms with van der Waals surface area (Å²) in [4.78, 5) is 2.76. The van der Waals surface area contributed by atoms with E-state index < -0.39 is 0 Å². The molecule has 2 nitrogen and oxygen atoms in total. The van der Waals surface area contributed by atoms with Crippen LogP contribution in [0.25, 0.3) is 0 Å². The van der Waals surface area contributed by atoms with Crippen molar-refractivity contribution in [2.45, 2.75) is 38.3 Å². The molecule has 1 heterocycles. The van der Waals surface area contributed by atoms with Gasteiger partial charge in [-0.05, 0) is 57.8 Å². The number of likely N-dealkylation sites (tertiary alicyclic amines) is 1. The van der Waals surface area contributed by atoms with E-state index in [0.29, 0.717) is 6.04 Å². The minimum absolute atomic E-state index is 0.644. The molecule has 0 aromatic heterocycles. The molecule has 0 spiro atoms. The van der Waals surface area contributed by atoms with Crippen molar-refractivity contribution < 1.29 is 0 Å². The number of hydrogen-bond donors (Lipinski definition) is 1. The van der Waals surface area contributed by atoms with E-state index in [2.05, 4.69) is 48.5 Å². The van der Waals surface area contributed by atoms with Gasteiger partial charge in [-0.3, -0.25) is 4.90 Å².